The molecule has 0 saturated heterocycles. The Bertz CT molecular complexity index is 344. The molecule has 0 aromatic carbocycles. The molecule has 0 saturated carbocycles. The lowest BCUT2D eigenvalue weighted by Crippen LogP contribution is -2.25. The van der Waals surface area contributed by atoms with Crippen LogP contribution >= 0.6 is 0 Å². The minimum atomic E-state index is -0.410. The average molecular weight is 183 g/mol. The van der Waals surface area contributed by atoms with Crippen molar-refractivity contribution in [1.29, 1.82) is 0 Å². The van der Waals surface area contributed by atoms with Crippen LogP contribution in [-0.2, 0) is 7.05 Å². The minimum Gasteiger partial charge on any atom is -0.297 e. The van der Waals surface area contributed by atoms with E-state index in [1.54, 1.807) is 14.0 Å². The van der Waals surface area contributed by atoms with Crippen molar-refractivity contribution in [3.63, 3.8) is 0 Å². The quantitative estimate of drug-likeness (QED) is 0.588. The van der Waals surface area contributed by atoms with Gasteiger partial charge in [-0.05, 0) is 6.92 Å². The van der Waals surface area contributed by atoms with E-state index < -0.39 is 5.56 Å². The molecule has 0 unspecified atom stereocenters. The zero-order valence-corrected chi connectivity index (χ0v) is 8.24. The average Bonchev–Trinajstić information content (AvgIpc) is 2.18. The van der Waals surface area contributed by atoms with Gasteiger partial charge in [-0.2, -0.15) is 0 Å². The Morgan fingerprint density at radius 1 is 1.31 bits per heavy atom. The zero-order chi connectivity index (χ0) is 10.4. The number of rotatable bonds is 1. The van der Waals surface area contributed by atoms with Gasteiger partial charge in [-0.1, -0.05) is 13.8 Å². The number of carbonyl (C=O) groups is 1. The summed E-state index contributed by atoms with van der Waals surface area (Å²) < 4.78 is 1.27. The molecule has 0 bridgehead atoms. The first kappa shape index (κ1) is 11.5. The van der Waals surface area contributed by atoms with Gasteiger partial charge >= 0.3 is 0 Å². The van der Waals surface area contributed by atoms with Crippen molar-refractivity contribution >= 4 is 6.29 Å². The van der Waals surface area contributed by atoms with E-state index in [1.807, 2.05) is 13.8 Å². The Morgan fingerprint density at radius 3 is 2.31 bits per heavy atom. The van der Waals surface area contributed by atoms with Crippen molar-refractivity contribution in [1.82, 2.24) is 14.8 Å². The summed E-state index contributed by atoms with van der Waals surface area (Å²) in [7, 11) is 1.54. The molecule has 0 amide bonds. The van der Waals surface area contributed by atoms with E-state index >= 15 is 0 Å². The third kappa shape index (κ3) is 2.47. The fourth-order valence-electron chi connectivity index (χ4n) is 0.629. The highest BCUT2D eigenvalue weighted by atomic mass is 16.1. The third-order valence-electron chi connectivity index (χ3n) is 1.42. The van der Waals surface area contributed by atoms with Crippen molar-refractivity contribution in [2.24, 2.45) is 7.05 Å². The third-order valence-corrected chi connectivity index (χ3v) is 1.42. The molecule has 1 aromatic heterocycles. The fourth-order valence-corrected chi connectivity index (χ4v) is 0.629. The second-order valence-electron chi connectivity index (χ2n) is 2.11. The standard InChI is InChI=1S/C6H7N3O2.C2H6/c1-4-7-8-5(3-10)6(11)9(4)2;1-2/h3H,1-2H3;1-2H3. The second kappa shape index (κ2) is 5.18. The van der Waals surface area contributed by atoms with Crippen LogP contribution in [0.2, 0.25) is 0 Å². The van der Waals surface area contributed by atoms with Gasteiger partial charge in [0.2, 0.25) is 0 Å². The molecule has 0 radical (unpaired) electrons. The van der Waals surface area contributed by atoms with Crippen LogP contribution in [0.25, 0.3) is 0 Å². The van der Waals surface area contributed by atoms with Crippen LogP contribution in [-0.4, -0.2) is 21.1 Å². The molecule has 72 valence electrons. The molecule has 5 nitrogen and oxygen atoms in total. The first-order valence-corrected chi connectivity index (χ1v) is 4.02. The predicted molar refractivity (Wildman–Crippen MR) is 48.7 cm³/mol. The highest BCUT2D eigenvalue weighted by molar-refractivity contribution is 5.70. The van der Waals surface area contributed by atoms with Crippen LogP contribution in [0.3, 0.4) is 0 Å². The fraction of sp³-hybridized carbons (Fsp3) is 0.500. The van der Waals surface area contributed by atoms with Crippen molar-refractivity contribution in [2.75, 3.05) is 0 Å². The van der Waals surface area contributed by atoms with Gasteiger partial charge in [0.25, 0.3) is 5.56 Å². The number of carbonyl (C=O) groups excluding carboxylic acids is 1. The van der Waals surface area contributed by atoms with Gasteiger partial charge in [-0.15, -0.1) is 10.2 Å². The summed E-state index contributed by atoms with van der Waals surface area (Å²) in [6, 6.07) is 0. The molecule has 5 heteroatoms. The van der Waals surface area contributed by atoms with E-state index in [-0.39, 0.29) is 5.69 Å². The normalized spacial score (nSPS) is 8.62. The topological polar surface area (TPSA) is 64.8 Å². The second-order valence-corrected chi connectivity index (χ2v) is 2.11. The van der Waals surface area contributed by atoms with Gasteiger partial charge in [0.1, 0.15) is 5.82 Å². The number of hydrogen-bond donors (Lipinski definition) is 0. The Kier molecular flexibility index (Phi) is 4.58. The molecule has 13 heavy (non-hydrogen) atoms. The molecule has 0 atom stereocenters. The van der Waals surface area contributed by atoms with Crippen LogP contribution in [0.4, 0.5) is 0 Å². The molecular weight excluding hydrogens is 170 g/mol. The van der Waals surface area contributed by atoms with Crippen molar-refractivity contribution < 1.29 is 4.79 Å². The summed E-state index contributed by atoms with van der Waals surface area (Å²) in [5.41, 5.74) is -0.564. The highest BCUT2D eigenvalue weighted by Gasteiger charge is 2.03. The lowest BCUT2D eigenvalue weighted by Gasteiger charge is -1.98. The highest BCUT2D eigenvalue weighted by Crippen LogP contribution is 1.82. The summed E-state index contributed by atoms with van der Waals surface area (Å²) in [6.45, 7) is 5.64. The van der Waals surface area contributed by atoms with Crippen molar-refractivity contribution in [3.8, 4) is 0 Å². The molecular formula is C8H13N3O2. The SMILES string of the molecule is CC.Cc1nnc(C=O)c(=O)n1C. The van der Waals surface area contributed by atoms with Gasteiger partial charge in [0, 0.05) is 7.05 Å². The molecule has 0 fully saturated rings. The van der Waals surface area contributed by atoms with Crippen LogP contribution in [0.5, 0.6) is 0 Å². The van der Waals surface area contributed by atoms with E-state index in [0.29, 0.717) is 12.1 Å². The summed E-state index contributed by atoms with van der Waals surface area (Å²) in [6.07, 6.45) is 0.398. The number of hydrogen-bond acceptors (Lipinski definition) is 4. The summed E-state index contributed by atoms with van der Waals surface area (Å²) in [5.74, 6) is 0.487. The molecule has 1 rings (SSSR count). The lowest BCUT2D eigenvalue weighted by atomic mass is 10.5. The van der Waals surface area contributed by atoms with Crippen LogP contribution in [0, 0.1) is 6.92 Å². The lowest BCUT2D eigenvalue weighted by molar-refractivity contribution is 0.111. The molecule has 0 aliphatic heterocycles. The van der Waals surface area contributed by atoms with E-state index in [2.05, 4.69) is 10.2 Å². The van der Waals surface area contributed by atoms with Crippen molar-refractivity contribution in [2.45, 2.75) is 20.8 Å². The number of aryl methyl sites for hydroxylation is 1. The maximum Gasteiger partial charge on any atom is 0.282 e. The number of aldehydes is 1. The zero-order valence-electron chi connectivity index (χ0n) is 8.24. The van der Waals surface area contributed by atoms with Crippen molar-refractivity contribution in [3.05, 3.63) is 21.9 Å². The Labute approximate surface area is 76.4 Å². The predicted octanol–water partition coefficient (Wildman–Crippen LogP) is 0.322. The van der Waals surface area contributed by atoms with Crippen LogP contribution in [0.15, 0.2) is 4.79 Å². The first-order valence-electron chi connectivity index (χ1n) is 4.02. The van der Waals surface area contributed by atoms with E-state index in [4.69, 9.17) is 0 Å². The summed E-state index contributed by atoms with van der Waals surface area (Å²) >= 11 is 0. The Hall–Kier alpha value is -1.52. The molecule has 0 aliphatic rings. The molecule has 1 aromatic rings. The molecule has 1 heterocycles. The van der Waals surface area contributed by atoms with Gasteiger partial charge in [0.05, 0.1) is 0 Å². The van der Waals surface area contributed by atoms with E-state index in [9.17, 15) is 9.59 Å². The maximum absolute atomic E-state index is 11.0. The summed E-state index contributed by atoms with van der Waals surface area (Å²) in [5, 5.41) is 7.00. The van der Waals surface area contributed by atoms with Gasteiger partial charge in [0.15, 0.2) is 12.0 Å². The Morgan fingerprint density at radius 2 is 1.85 bits per heavy atom. The molecule has 0 spiro atoms. The largest absolute Gasteiger partial charge is 0.297 e. The first-order chi connectivity index (χ1) is 6.16. The van der Waals surface area contributed by atoms with Crippen LogP contribution in [0.1, 0.15) is 30.2 Å². The monoisotopic (exact) mass is 183 g/mol. The van der Waals surface area contributed by atoms with E-state index in [0.717, 1.165) is 0 Å². The van der Waals surface area contributed by atoms with Gasteiger partial charge in [-0.25, -0.2) is 0 Å². The van der Waals surface area contributed by atoms with Gasteiger partial charge in [-0.3, -0.25) is 14.2 Å². The van der Waals surface area contributed by atoms with Gasteiger partial charge < -0.3 is 0 Å². The maximum atomic E-state index is 11.0. The minimum absolute atomic E-state index is 0.155. The Balaban J connectivity index is 0.000000671. The molecule has 0 aliphatic carbocycles. The number of aromatic nitrogens is 3. The van der Waals surface area contributed by atoms with E-state index in [1.165, 1.54) is 4.57 Å². The molecule has 0 N–H and O–H groups in total. The number of nitrogens with zero attached hydrogens (tertiary/aromatic N) is 3. The smallest absolute Gasteiger partial charge is 0.282 e. The summed E-state index contributed by atoms with van der Waals surface area (Å²) in [4.78, 5) is 21.2. The van der Waals surface area contributed by atoms with Crippen LogP contribution < -0.4 is 5.56 Å².